The Kier molecular flexibility index (Phi) is 3.41. The van der Waals surface area contributed by atoms with E-state index in [0.717, 1.165) is 0 Å². The Morgan fingerprint density at radius 3 is 2.37 bits per heavy atom. The number of rotatable bonds is 2. The van der Waals surface area contributed by atoms with Gasteiger partial charge in [-0.2, -0.15) is 0 Å². The van der Waals surface area contributed by atoms with Gasteiger partial charge in [-0.1, -0.05) is 0 Å². The quantitative estimate of drug-likeness (QED) is 0.592. The van der Waals surface area contributed by atoms with Crippen LogP contribution in [0, 0.1) is 0 Å². The van der Waals surface area contributed by atoms with Crippen molar-refractivity contribution in [1.29, 1.82) is 0 Å². The molecule has 5 nitrogen and oxygen atoms in total. The second-order valence-electron chi connectivity index (χ2n) is 5.55. The SMILES string of the molecule is COC(=O)c1ccnc(B2OC(C)(C)C(C)(C)O2)c1. The molecule has 0 amide bonds. The number of carbonyl (C=O) groups is 1. The summed E-state index contributed by atoms with van der Waals surface area (Å²) in [6, 6.07) is 3.23. The predicted molar refractivity (Wildman–Crippen MR) is 71.3 cm³/mol. The van der Waals surface area contributed by atoms with Crippen LogP contribution in [0.4, 0.5) is 0 Å². The molecule has 2 rings (SSSR count). The number of ether oxygens (including phenoxy) is 1. The average Bonchev–Trinajstić information content (AvgIpc) is 2.58. The van der Waals surface area contributed by atoms with Crippen LogP contribution in [0.15, 0.2) is 18.3 Å². The van der Waals surface area contributed by atoms with Crippen molar-refractivity contribution in [2.45, 2.75) is 38.9 Å². The normalized spacial score (nSPS) is 20.4. The van der Waals surface area contributed by atoms with Gasteiger partial charge in [0.15, 0.2) is 0 Å². The van der Waals surface area contributed by atoms with Crippen LogP contribution in [0.25, 0.3) is 0 Å². The third-order valence-electron chi connectivity index (χ3n) is 3.70. The molecule has 6 heteroatoms. The van der Waals surface area contributed by atoms with Crippen LogP contribution in [0.5, 0.6) is 0 Å². The number of methoxy groups -OCH3 is 1. The van der Waals surface area contributed by atoms with Gasteiger partial charge in [0, 0.05) is 6.20 Å². The van der Waals surface area contributed by atoms with Crippen molar-refractivity contribution < 1.29 is 18.8 Å². The molecule has 1 fully saturated rings. The standard InChI is InChI=1S/C13H18BNO4/c1-12(2)13(3,4)19-14(18-12)10-8-9(6-7-15-10)11(16)17-5/h6-8H,1-5H3. The van der Waals surface area contributed by atoms with Crippen LogP contribution < -0.4 is 5.59 Å². The van der Waals surface area contributed by atoms with Crippen LogP contribution in [0.3, 0.4) is 0 Å². The summed E-state index contributed by atoms with van der Waals surface area (Å²) in [5, 5.41) is 0. The summed E-state index contributed by atoms with van der Waals surface area (Å²) >= 11 is 0. The van der Waals surface area contributed by atoms with Gasteiger partial charge in [0.1, 0.15) is 0 Å². The second-order valence-corrected chi connectivity index (χ2v) is 5.55. The zero-order valence-corrected chi connectivity index (χ0v) is 11.9. The van der Waals surface area contributed by atoms with Gasteiger partial charge in [-0.25, -0.2) is 4.79 Å². The molecule has 1 saturated heterocycles. The van der Waals surface area contributed by atoms with E-state index in [1.54, 1.807) is 18.3 Å². The van der Waals surface area contributed by atoms with E-state index in [1.807, 2.05) is 27.7 Å². The average molecular weight is 263 g/mol. The fourth-order valence-corrected chi connectivity index (χ4v) is 1.79. The molecule has 1 aliphatic rings. The Morgan fingerprint density at radius 1 is 1.26 bits per heavy atom. The number of hydrogen-bond acceptors (Lipinski definition) is 5. The lowest BCUT2D eigenvalue weighted by Gasteiger charge is -2.32. The molecule has 102 valence electrons. The van der Waals surface area contributed by atoms with Crippen LogP contribution in [-0.4, -0.2) is 36.4 Å². The molecule has 1 aromatic heterocycles. The molecule has 1 aliphatic heterocycles. The number of nitrogens with zero attached hydrogens (tertiary/aromatic N) is 1. The smallest absolute Gasteiger partial charge is 0.465 e. The summed E-state index contributed by atoms with van der Waals surface area (Å²) in [5.74, 6) is -0.403. The second kappa shape index (κ2) is 4.61. The van der Waals surface area contributed by atoms with Crippen molar-refractivity contribution in [3.05, 3.63) is 23.9 Å². The van der Waals surface area contributed by atoms with Gasteiger partial charge in [-0.05, 0) is 39.8 Å². The summed E-state index contributed by atoms with van der Waals surface area (Å²) in [6.45, 7) is 7.88. The first-order chi connectivity index (χ1) is 8.77. The molecular weight excluding hydrogens is 245 g/mol. The monoisotopic (exact) mass is 263 g/mol. The molecule has 0 aliphatic carbocycles. The zero-order valence-electron chi connectivity index (χ0n) is 11.9. The fraction of sp³-hybridized carbons (Fsp3) is 0.538. The van der Waals surface area contributed by atoms with E-state index in [1.165, 1.54) is 7.11 Å². The van der Waals surface area contributed by atoms with E-state index in [2.05, 4.69) is 9.72 Å². The Hall–Kier alpha value is -1.40. The molecule has 0 unspecified atom stereocenters. The number of esters is 1. The molecule has 0 N–H and O–H groups in total. The van der Waals surface area contributed by atoms with Gasteiger partial charge >= 0.3 is 13.1 Å². The van der Waals surface area contributed by atoms with Crippen LogP contribution >= 0.6 is 0 Å². The predicted octanol–water partition coefficient (Wildman–Crippen LogP) is 1.17. The Morgan fingerprint density at radius 2 is 1.84 bits per heavy atom. The molecule has 1 aromatic rings. The lowest BCUT2D eigenvalue weighted by atomic mass is 9.83. The van der Waals surface area contributed by atoms with E-state index >= 15 is 0 Å². The first-order valence-electron chi connectivity index (χ1n) is 6.17. The number of carbonyl (C=O) groups excluding carboxylic acids is 1. The minimum absolute atomic E-state index is 0.403. The molecule has 0 spiro atoms. The largest absolute Gasteiger partial charge is 0.514 e. The molecule has 0 saturated carbocycles. The third-order valence-corrected chi connectivity index (χ3v) is 3.70. The van der Waals surface area contributed by atoms with Gasteiger partial charge in [-0.3, -0.25) is 4.98 Å². The van der Waals surface area contributed by atoms with Crippen molar-refractivity contribution in [1.82, 2.24) is 4.98 Å². The Balaban J connectivity index is 2.27. The van der Waals surface area contributed by atoms with Crippen molar-refractivity contribution in [3.63, 3.8) is 0 Å². The zero-order chi connectivity index (χ0) is 14.3. The molecular formula is C13H18BNO4. The molecule has 19 heavy (non-hydrogen) atoms. The highest BCUT2D eigenvalue weighted by atomic mass is 16.7. The first kappa shape index (κ1) is 14.0. The van der Waals surface area contributed by atoms with Crippen LogP contribution in [0.1, 0.15) is 38.1 Å². The Bertz CT molecular complexity index is 485. The molecule has 0 aromatic carbocycles. The van der Waals surface area contributed by atoms with E-state index in [4.69, 9.17) is 9.31 Å². The molecule has 0 radical (unpaired) electrons. The topological polar surface area (TPSA) is 57.7 Å². The van der Waals surface area contributed by atoms with E-state index < -0.39 is 24.3 Å². The summed E-state index contributed by atoms with van der Waals surface area (Å²) in [7, 11) is 0.770. The van der Waals surface area contributed by atoms with Crippen LogP contribution in [-0.2, 0) is 14.0 Å². The molecule has 2 heterocycles. The first-order valence-corrected chi connectivity index (χ1v) is 6.17. The lowest BCUT2D eigenvalue weighted by Crippen LogP contribution is -2.41. The minimum atomic E-state index is -0.574. The van der Waals surface area contributed by atoms with Gasteiger partial charge in [0.05, 0.1) is 29.5 Å². The van der Waals surface area contributed by atoms with Crippen molar-refractivity contribution >= 4 is 18.7 Å². The number of pyridine rings is 1. The van der Waals surface area contributed by atoms with E-state index in [-0.39, 0.29) is 0 Å². The van der Waals surface area contributed by atoms with Crippen molar-refractivity contribution in [3.8, 4) is 0 Å². The van der Waals surface area contributed by atoms with Gasteiger partial charge in [0.25, 0.3) is 0 Å². The fourth-order valence-electron chi connectivity index (χ4n) is 1.79. The molecule has 0 bridgehead atoms. The van der Waals surface area contributed by atoms with E-state index in [9.17, 15) is 4.79 Å². The summed E-state index contributed by atoms with van der Waals surface area (Å²) in [4.78, 5) is 15.7. The van der Waals surface area contributed by atoms with Gasteiger partial charge < -0.3 is 14.0 Å². The maximum atomic E-state index is 11.5. The number of aromatic nitrogens is 1. The maximum Gasteiger partial charge on any atom is 0.514 e. The van der Waals surface area contributed by atoms with Crippen LogP contribution in [0.2, 0.25) is 0 Å². The van der Waals surface area contributed by atoms with E-state index in [0.29, 0.717) is 11.2 Å². The third kappa shape index (κ3) is 2.50. The molecule has 0 atom stereocenters. The lowest BCUT2D eigenvalue weighted by molar-refractivity contribution is 0.00578. The highest BCUT2D eigenvalue weighted by molar-refractivity contribution is 6.61. The summed E-state index contributed by atoms with van der Waals surface area (Å²) in [5.41, 5.74) is 0.144. The van der Waals surface area contributed by atoms with Gasteiger partial charge in [0.2, 0.25) is 0 Å². The highest BCUT2D eigenvalue weighted by Gasteiger charge is 2.52. The van der Waals surface area contributed by atoms with Crippen molar-refractivity contribution in [2.75, 3.05) is 7.11 Å². The maximum absolute atomic E-state index is 11.5. The Labute approximate surface area is 113 Å². The highest BCUT2D eigenvalue weighted by Crippen LogP contribution is 2.36. The summed E-state index contributed by atoms with van der Waals surface area (Å²) < 4.78 is 16.5. The van der Waals surface area contributed by atoms with Gasteiger partial charge in [-0.15, -0.1) is 0 Å². The summed E-state index contributed by atoms with van der Waals surface area (Å²) in [6.07, 6.45) is 1.55. The minimum Gasteiger partial charge on any atom is -0.465 e. The van der Waals surface area contributed by atoms with Crippen molar-refractivity contribution in [2.24, 2.45) is 0 Å². The number of hydrogen-bond donors (Lipinski definition) is 0.